The van der Waals surface area contributed by atoms with E-state index in [1.807, 2.05) is 13.8 Å². The predicted octanol–water partition coefficient (Wildman–Crippen LogP) is 4.86. The number of aliphatic imine (C=N–C) groups is 1. The number of benzene rings is 1. The van der Waals surface area contributed by atoms with E-state index < -0.39 is 23.6 Å². The van der Waals surface area contributed by atoms with Crippen molar-refractivity contribution in [3.8, 4) is 5.75 Å². The summed E-state index contributed by atoms with van der Waals surface area (Å²) in [5, 5.41) is 0. The molecule has 0 unspecified atom stereocenters. The summed E-state index contributed by atoms with van der Waals surface area (Å²) in [4.78, 5) is 17.9. The highest BCUT2D eigenvalue weighted by Crippen LogP contribution is 2.33. The third kappa shape index (κ3) is 7.18. The first-order chi connectivity index (χ1) is 14.3. The standard InChI is InChI=1S/C22H30F3N3O3/c1-14(2)11-27-12-16(19(26)22(23,24)25)13-30-17-6-7-18-15(10-17)8-9-28(18)20(29)31-21(3,4)5/h6-7,10,12,14H,8-9,11,13,26H2,1-5H3. The molecule has 1 heterocycles. The van der Waals surface area contributed by atoms with E-state index in [1.165, 1.54) is 4.90 Å². The minimum atomic E-state index is -4.67. The van der Waals surface area contributed by atoms with Crippen LogP contribution in [-0.4, -0.2) is 43.8 Å². The molecule has 0 fully saturated rings. The van der Waals surface area contributed by atoms with E-state index in [0.29, 0.717) is 30.9 Å². The highest BCUT2D eigenvalue weighted by Gasteiger charge is 2.34. The first-order valence-corrected chi connectivity index (χ1v) is 10.1. The molecule has 1 aromatic rings. The molecule has 1 aliphatic rings. The van der Waals surface area contributed by atoms with Gasteiger partial charge in [0.15, 0.2) is 0 Å². The number of hydrogen-bond acceptors (Lipinski definition) is 5. The Morgan fingerprint density at radius 2 is 1.97 bits per heavy atom. The Hall–Kier alpha value is -2.71. The molecule has 0 bridgehead atoms. The van der Waals surface area contributed by atoms with E-state index in [-0.39, 0.29) is 18.1 Å². The van der Waals surface area contributed by atoms with Gasteiger partial charge in [-0.25, -0.2) is 4.79 Å². The lowest BCUT2D eigenvalue weighted by atomic mass is 10.1. The van der Waals surface area contributed by atoms with Crippen molar-refractivity contribution in [2.24, 2.45) is 16.6 Å². The number of allylic oxidation sites excluding steroid dienone is 1. The molecule has 6 nitrogen and oxygen atoms in total. The highest BCUT2D eigenvalue weighted by molar-refractivity contribution is 5.90. The molecule has 1 aliphatic heterocycles. The monoisotopic (exact) mass is 441 g/mol. The van der Waals surface area contributed by atoms with Gasteiger partial charge >= 0.3 is 12.3 Å². The Kier molecular flexibility index (Phi) is 7.62. The molecule has 0 radical (unpaired) electrons. The van der Waals surface area contributed by atoms with Crippen LogP contribution < -0.4 is 15.4 Å². The molecule has 1 aromatic carbocycles. The number of hydrogen-bond donors (Lipinski definition) is 1. The SMILES string of the molecule is CC(C)CN=CC(COc1ccc2c(c1)CCN2C(=O)OC(C)(C)C)=C(N)C(F)(F)F. The van der Waals surface area contributed by atoms with Crippen molar-refractivity contribution in [2.45, 2.75) is 52.8 Å². The van der Waals surface area contributed by atoms with Crippen molar-refractivity contribution in [3.05, 3.63) is 35.0 Å². The van der Waals surface area contributed by atoms with Gasteiger partial charge in [-0.3, -0.25) is 9.89 Å². The number of alkyl halides is 3. The van der Waals surface area contributed by atoms with Crippen LogP contribution in [0, 0.1) is 5.92 Å². The molecular formula is C22H30F3N3O3. The number of carbonyl (C=O) groups excluding carboxylic acids is 1. The maximum atomic E-state index is 13.1. The fourth-order valence-electron chi connectivity index (χ4n) is 2.88. The third-order valence-corrected chi connectivity index (χ3v) is 4.32. The zero-order chi connectivity index (χ0) is 23.4. The Morgan fingerprint density at radius 3 is 2.55 bits per heavy atom. The van der Waals surface area contributed by atoms with Crippen LogP contribution in [0.3, 0.4) is 0 Å². The fourth-order valence-corrected chi connectivity index (χ4v) is 2.88. The van der Waals surface area contributed by atoms with Crippen molar-refractivity contribution in [3.63, 3.8) is 0 Å². The highest BCUT2D eigenvalue weighted by atomic mass is 19.4. The smallest absolute Gasteiger partial charge is 0.431 e. The first kappa shape index (κ1) is 24.6. The second kappa shape index (κ2) is 9.62. The average Bonchev–Trinajstić information content (AvgIpc) is 3.05. The summed E-state index contributed by atoms with van der Waals surface area (Å²) in [6.07, 6.45) is -3.39. The van der Waals surface area contributed by atoms with Crippen molar-refractivity contribution in [2.75, 3.05) is 24.6 Å². The lowest BCUT2D eigenvalue weighted by Crippen LogP contribution is -2.35. The molecule has 0 spiro atoms. The third-order valence-electron chi connectivity index (χ3n) is 4.32. The van der Waals surface area contributed by atoms with Gasteiger partial charge in [0.25, 0.3) is 0 Å². The van der Waals surface area contributed by atoms with E-state index >= 15 is 0 Å². The second-order valence-corrected chi connectivity index (χ2v) is 8.79. The Bertz CT molecular complexity index is 856. The van der Waals surface area contributed by atoms with Gasteiger partial charge in [0.2, 0.25) is 0 Å². The zero-order valence-corrected chi connectivity index (χ0v) is 18.5. The molecule has 2 N–H and O–H groups in total. The molecule has 0 aliphatic carbocycles. The number of fused-ring (bicyclic) bond motifs is 1. The minimum absolute atomic E-state index is 0.204. The maximum absolute atomic E-state index is 13.1. The lowest BCUT2D eigenvalue weighted by Gasteiger charge is -2.24. The van der Waals surface area contributed by atoms with E-state index in [2.05, 4.69) is 4.99 Å². The molecule has 0 aromatic heterocycles. The predicted molar refractivity (Wildman–Crippen MR) is 115 cm³/mol. The molecule has 172 valence electrons. The van der Waals surface area contributed by atoms with Crippen LogP contribution in [0.15, 0.2) is 34.5 Å². The van der Waals surface area contributed by atoms with E-state index in [0.717, 1.165) is 11.8 Å². The van der Waals surface area contributed by atoms with Gasteiger partial charge in [0.1, 0.15) is 23.7 Å². The second-order valence-electron chi connectivity index (χ2n) is 8.79. The minimum Gasteiger partial charge on any atom is -0.489 e. The Labute approximate surface area is 180 Å². The number of halogens is 3. The van der Waals surface area contributed by atoms with Crippen LogP contribution in [0.4, 0.5) is 23.7 Å². The normalized spacial score (nSPS) is 15.3. The lowest BCUT2D eigenvalue weighted by molar-refractivity contribution is -0.0934. The van der Waals surface area contributed by atoms with Gasteiger partial charge in [-0.05, 0) is 56.9 Å². The summed E-state index contributed by atoms with van der Waals surface area (Å²) in [6, 6.07) is 5.02. The van der Waals surface area contributed by atoms with Crippen LogP contribution in [0.2, 0.25) is 0 Å². The summed E-state index contributed by atoms with van der Waals surface area (Å²) in [7, 11) is 0. The van der Waals surface area contributed by atoms with Crippen molar-refractivity contribution >= 4 is 18.0 Å². The van der Waals surface area contributed by atoms with Crippen molar-refractivity contribution < 1.29 is 27.4 Å². The zero-order valence-electron chi connectivity index (χ0n) is 18.5. The molecule has 0 saturated heterocycles. The van der Waals surface area contributed by atoms with Crippen molar-refractivity contribution in [1.29, 1.82) is 0 Å². The Morgan fingerprint density at radius 1 is 1.29 bits per heavy atom. The number of carbonyl (C=O) groups is 1. The molecule has 9 heteroatoms. The average molecular weight is 441 g/mol. The summed E-state index contributed by atoms with van der Waals surface area (Å²) >= 11 is 0. The van der Waals surface area contributed by atoms with Crippen molar-refractivity contribution in [1.82, 2.24) is 0 Å². The van der Waals surface area contributed by atoms with Crippen LogP contribution in [0.25, 0.3) is 0 Å². The quantitative estimate of drug-likeness (QED) is 0.640. The van der Waals surface area contributed by atoms with Crippen LogP contribution in [0.5, 0.6) is 5.75 Å². The number of ether oxygens (including phenoxy) is 2. The van der Waals surface area contributed by atoms with Crippen LogP contribution >= 0.6 is 0 Å². The van der Waals surface area contributed by atoms with Gasteiger partial charge in [0, 0.05) is 24.9 Å². The van der Waals surface area contributed by atoms with Gasteiger partial charge in [-0.2, -0.15) is 13.2 Å². The fraction of sp³-hybridized carbons (Fsp3) is 0.545. The summed E-state index contributed by atoms with van der Waals surface area (Å²) in [5.74, 6) is 0.588. The summed E-state index contributed by atoms with van der Waals surface area (Å²) in [6.45, 7) is 9.67. The van der Waals surface area contributed by atoms with Crippen LogP contribution in [-0.2, 0) is 11.2 Å². The number of amides is 1. The molecular weight excluding hydrogens is 411 g/mol. The molecule has 1 amide bonds. The first-order valence-electron chi connectivity index (χ1n) is 10.1. The van der Waals surface area contributed by atoms with Gasteiger partial charge in [-0.15, -0.1) is 0 Å². The molecule has 0 atom stereocenters. The van der Waals surface area contributed by atoms with Gasteiger partial charge in [-0.1, -0.05) is 13.8 Å². The topological polar surface area (TPSA) is 77.1 Å². The molecule has 0 saturated carbocycles. The van der Waals surface area contributed by atoms with Gasteiger partial charge < -0.3 is 15.2 Å². The number of anilines is 1. The summed E-state index contributed by atoms with van der Waals surface area (Å²) < 4.78 is 50.2. The van der Waals surface area contributed by atoms with E-state index in [9.17, 15) is 18.0 Å². The van der Waals surface area contributed by atoms with E-state index in [4.69, 9.17) is 15.2 Å². The summed E-state index contributed by atoms with van der Waals surface area (Å²) in [5.41, 5.74) is 4.78. The van der Waals surface area contributed by atoms with E-state index in [1.54, 1.807) is 39.0 Å². The number of rotatable bonds is 6. The number of nitrogens with zero attached hydrogens (tertiary/aromatic N) is 2. The van der Waals surface area contributed by atoms with Crippen LogP contribution in [0.1, 0.15) is 40.2 Å². The number of nitrogens with two attached hydrogens (primary N) is 1. The largest absolute Gasteiger partial charge is 0.489 e. The maximum Gasteiger partial charge on any atom is 0.431 e. The molecule has 31 heavy (non-hydrogen) atoms. The Balaban J connectivity index is 2.14. The van der Waals surface area contributed by atoms with Gasteiger partial charge in [0.05, 0.1) is 5.69 Å². The molecule has 2 rings (SSSR count).